The van der Waals surface area contributed by atoms with Crippen molar-refractivity contribution >= 4 is 33.9 Å². The van der Waals surface area contributed by atoms with E-state index in [1.807, 2.05) is 13.8 Å². The van der Waals surface area contributed by atoms with Gasteiger partial charge in [0.1, 0.15) is 6.54 Å². The summed E-state index contributed by atoms with van der Waals surface area (Å²) in [4.78, 5) is 4.83. The van der Waals surface area contributed by atoms with Gasteiger partial charge < -0.3 is 9.80 Å². The Balaban J connectivity index is 0.00000235. The quantitative estimate of drug-likeness (QED) is 0.103. The third kappa shape index (κ3) is 7.64. The molecule has 0 saturated heterocycles. The minimum Gasteiger partial charge on any atom is -0.372 e. The standard InChI is InChI=1S/C41H50N3.C2H6/c1-6-11-12-18-31-44-38-22-17-16-21-37(38)40(41(44)34-19-14-13-15-20-34)39(32-23-27-35(28-24-32)42(7-2)8-3)33-25-29-36(30-26-33)43(9-4)10-5;1-2/h13-17,19-30H,6-12,18,31H2,1-5H3;1-2H3/q+1;. The molecule has 1 heterocycles. The van der Waals surface area contributed by atoms with E-state index in [0.717, 1.165) is 32.7 Å². The molecule has 0 unspecified atom stereocenters. The Labute approximate surface area is 279 Å². The second kappa shape index (κ2) is 17.5. The lowest BCUT2D eigenvalue weighted by Crippen LogP contribution is -2.21. The predicted molar refractivity (Wildman–Crippen MR) is 203 cm³/mol. The SMILES string of the molecule is CC.CCCCCC[N+]1=C(c2ccccc2)C(=C(c2ccc(N(CC)CC)cc2)c2ccc(N(CC)CC)cc2)c2ccccc21. The van der Waals surface area contributed by atoms with Gasteiger partial charge >= 0.3 is 0 Å². The number of allylic oxidation sites excluding steroid dienone is 1. The van der Waals surface area contributed by atoms with E-state index < -0.39 is 0 Å². The van der Waals surface area contributed by atoms with Crippen molar-refractivity contribution in [3.05, 3.63) is 125 Å². The Morgan fingerprint density at radius 3 is 1.54 bits per heavy atom. The molecule has 242 valence electrons. The highest BCUT2D eigenvalue weighted by Crippen LogP contribution is 2.44. The molecule has 0 spiro atoms. The summed E-state index contributed by atoms with van der Waals surface area (Å²) in [5, 5.41) is 0. The first kappa shape index (κ1) is 34.8. The van der Waals surface area contributed by atoms with E-state index in [-0.39, 0.29) is 0 Å². The Morgan fingerprint density at radius 1 is 0.543 bits per heavy atom. The second-order valence-electron chi connectivity index (χ2n) is 11.6. The highest BCUT2D eigenvalue weighted by molar-refractivity contribution is 6.38. The van der Waals surface area contributed by atoms with Gasteiger partial charge in [0, 0.05) is 61.2 Å². The van der Waals surface area contributed by atoms with Crippen molar-refractivity contribution in [1.82, 2.24) is 0 Å². The normalized spacial score (nSPS) is 12.0. The first-order valence-electron chi connectivity index (χ1n) is 17.9. The average Bonchev–Trinajstić information content (AvgIpc) is 3.44. The van der Waals surface area contributed by atoms with Crippen LogP contribution >= 0.6 is 0 Å². The van der Waals surface area contributed by atoms with E-state index in [4.69, 9.17) is 0 Å². The van der Waals surface area contributed by atoms with Crippen LogP contribution in [-0.4, -0.2) is 43.0 Å². The molecular weight excluding hydrogens is 558 g/mol. The van der Waals surface area contributed by atoms with E-state index in [1.54, 1.807) is 0 Å². The number of benzene rings is 4. The fourth-order valence-corrected chi connectivity index (χ4v) is 6.69. The van der Waals surface area contributed by atoms with Crippen LogP contribution in [0.25, 0.3) is 11.1 Å². The van der Waals surface area contributed by atoms with Crippen molar-refractivity contribution in [2.75, 3.05) is 42.5 Å². The zero-order chi connectivity index (χ0) is 32.9. The largest absolute Gasteiger partial charge is 0.372 e. The van der Waals surface area contributed by atoms with E-state index in [0.29, 0.717) is 0 Å². The highest BCUT2D eigenvalue weighted by Gasteiger charge is 2.38. The fourth-order valence-electron chi connectivity index (χ4n) is 6.69. The van der Waals surface area contributed by atoms with Crippen molar-refractivity contribution < 1.29 is 4.58 Å². The van der Waals surface area contributed by atoms with Gasteiger partial charge in [0.15, 0.2) is 0 Å². The molecule has 0 aromatic heterocycles. The van der Waals surface area contributed by atoms with Crippen molar-refractivity contribution in [1.29, 1.82) is 0 Å². The van der Waals surface area contributed by atoms with Gasteiger partial charge in [0.25, 0.3) is 0 Å². The zero-order valence-electron chi connectivity index (χ0n) is 29.5. The number of anilines is 2. The third-order valence-corrected chi connectivity index (χ3v) is 9.07. The Morgan fingerprint density at radius 2 is 1.04 bits per heavy atom. The van der Waals surface area contributed by atoms with Gasteiger partial charge in [-0.2, -0.15) is 4.58 Å². The lowest BCUT2D eigenvalue weighted by atomic mass is 9.86. The van der Waals surface area contributed by atoms with Gasteiger partial charge in [-0.15, -0.1) is 0 Å². The maximum absolute atomic E-state index is 2.60. The Hall–Kier alpha value is -4.11. The number of rotatable bonds is 14. The number of nitrogens with zero attached hydrogens (tertiary/aromatic N) is 3. The summed E-state index contributed by atoms with van der Waals surface area (Å²) >= 11 is 0. The molecule has 5 rings (SSSR count). The number of para-hydroxylation sites is 1. The molecule has 4 aromatic rings. The van der Waals surface area contributed by atoms with Crippen LogP contribution in [0.4, 0.5) is 17.1 Å². The molecule has 1 aliphatic heterocycles. The molecule has 0 amide bonds. The summed E-state index contributed by atoms with van der Waals surface area (Å²) in [6.45, 7) is 20.2. The predicted octanol–water partition coefficient (Wildman–Crippen LogP) is 11.1. The summed E-state index contributed by atoms with van der Waals surface area (Å²) < 4.78 is 2.60. The minimum absolute atomic E-state index is 1.00. The molecule has 0 N–H and O–H groups in total. The van der Waals surface area contributed by atoms with Crippen LogP contribution in [0.3, 0.4) is 0 Å². The number of hydrogen-bond donors (Lipinski definition) is 0. The maximum atomic E-state index is 2.60. The van der Waals surface area contributed by atoms with Crippen LogP contribution in [0.1, 0.15) is 96.4 Å². The average molecular weight is 615 g/mol. The van der Waals surface area contributed by atoms with Gasteiger partial charge in [-0.3, -0.25) is 0 Å². The molecule has 4 aromatic carbocycles. The number of unbranched alkanes of at least 4 members (excludes halogenated alkanes) is 3. The summed E-state index contributed by atoms with van der Waals surface area (Å²) in [6, 6.07) is 38.6. The lowest BCUT2D eigenvalue weighted by molar-refractivity contribution is -0.437. The van der Waals surface area contributed by atoms with E-state index in [9.17, 15) is 0 Å². The molecule has 0 radical (unpaired) electrons. The number of hydrogen-bond acceptors (Lipinski definition) is 2. The molecule has 3 nitrogen and oxygen atoms in total. The summed E-state index contributed by atoms with van der Waals surface area (Å²) in [6.07, 6.45) is 4.96. The van der Waals surface area contributed by atoms with Crippen LogP contribution in [0.15, 0.2) is 103 Å². The van der Waals surface area contributed by atoms with Gasteiger partial charge in [0.2, 0.25) is 11.4 Å². The Bertz CT molecular complexity index is 1500. The van der Waals surface area contributed by atoms with Gasteiger partial charge in [-0.05, 0) is 87.7 Å². The molecule has 3 heteroatoms. The lowest BCUT2D eigenvalue weighted by Gasteiger charge is -2.23. The third-order valence-electron chi connectivity index (χ3n) is 9.07. The highest BCUT2D eigenvalue weighted by atomic mass is 15.1. The van der Waals surface area contributed by atoms with Crippen LogP contribution < -0.4 is 9.80 Å². The summed E-state index contributed by atoms with van der Waals surface area (Å²) in [5.74, 6) is 0. The van der Waals surface area contributed by atoms with Gasteiger partial charge in [-0.25, -0.2) is 0 Å². The molecule has 0 bridgehead atoms. The van der Waals surface area contributed by atoms with Gasteiger partial charge in [-0.1, -0.05) is 88.2 Å². The first-order valence-corrected chi connectivity index (χ1v) is 17.9. The monoisotopic (exact) mass is 614 g/mol. The maximum Gasteiger partial charge on any atom is 0.221 e. The topological polar surface area (TPSA) is 9.49 Å². The van der Waals surface area contributed by atoms with E-state index >= 15 is 0 Å². The van der Waals surface area contributed by atoms with Gasteiger partial charge in [0.05, 0.1) is 11.1 Å². The van der Waals surface area contributed by atoms with E-state index in [1.165, 1.54) is 81.9 Å². The second-order valence-corrected chi connectivity index (χ2v) is 11.6. The molecule has 0 fully saturated rings. The van der Waals surface area contributed by atoms with Crippen LogP contribution in [0.2, 0.25) is 0 Å². The smallest absolute Gasteiger partial charge is 0.221 e. The fraction of sp³-hybridized carbons (Fsp3) is 0.372. The molecule has 0 aliphatic carbocycles. The first-order chi connectivity index (χ1) is 22.6. The molecule has 0 atom stereocenters. The minimum atomic E-state index is 1.00. The molecule has 0 saturated carbocycles. The summed E-state index contributed by atoms with van der Waals surface area (Å²) in [5.41, 5.74) is 12.9. The molecule has 1 aliphatic rings. The Kier molecular flexibility index (Phi) is 13.3. The van der Waals surface area contributed by atoms with Crippen molar-refractivity contribution in [2.45, 2.75) is 74.1 Å². The zero-order valence-corrected chi connectivity index (χ0v) is 29.5. The number of fused-ring (bicyclic) bond motifs is 1. The van der Waals surface area contributed by atoms with Crippen molar-refractivity contribution in [3.63, 3.8) is 0 Å². The van der Waals surface area contributed by atoms with Crippen LogP contribution in [0.5, 0.6) is 0 Å². The van der Waals surface area contributed by atoms with Crippen LogP contribution in [0, 0.1) is 0 Å². The van der Waals surface area contributed by atoms with E-state index in [2.05, 4.69) is 152 Å². The van der Waals surface area contributed by atoms with Crippen molar-refractivity contribution in [2.24, 2.45) is 0 Å². The molecular formula is C43H56N3+. The summed E-state index contributed by atoms with van der Waals surface area (Å²) in [7, 11) is 0. The van der Waals surface area contributed by atoms with Crippen LogP contribution in [-0.2, 0) is 0 Å². The van der Waals surface area contributed by atoms with Crippen molar-refractivity contribution in [3.8, 4) is 0 Å². The molecule has 46 heavy (non-hydrogen) atoms.